The summed E-state index contributed by atoms with van der Waals surface area (Å²) in [7, 11) is 0. The second-order valence-corrected chi connectivity index (χ2v) is 4.25. The summed E-state index contributed by atoms with van der Waals surface area (Å²) in [5.74, 6) is 0.884. The van der Waals surface area contributed by atoms with E-state index in [1.54, 1.807) is 6.07 Å². The normalized spacial score (nSPS) is 15.7. The third-order valence-corrected chi connectivity index (χ3v) is 2.94. The summed E-state index contributed by atoms with van der Waals surface area (Å²) in [4.78, 5) is 2.04. The molecule has 2 nitrogen and oxygen atoms in total. The second-order valence-electron chi connectivity index (χ2n) is 4.25. The summed E-state index contributed by atoms with van der Waals surface area (Å²) in [6.07, 6.45) is 2.88. The fourth-order valence-electron chi connectivity index (χ4n) is 2.05. The van der Waals surface area contributed by atoms with E-state index in [9.17, 15) is 4.39 Å². The van der Waals surface area contributed by atoms with Gasteiger partial charge in [0, 0.05) is 19.5 Å². The number of hydrogen-bond acceptors (Lipinski definition) is 2. The fourth-order valence-corrected chi connectivity index (χ4v) is 2.05. The van der Waals surface area contributed by atoms with Crippen LogP contribution < -0.4 is 4.90 Å². The largest absolute Gasteiger partial charge is 0.498 e. The zero-order valence-corrected chi connectivity index (χ0v) is 10.4. The van der Waals surface area contributed by atoms with E-state index in [1.807, 2.05) is 37.0 Å². The van der Waals surface area contributed by atoms with Gasteiger partial charge < -0.3 is 9.64 Å². The van der Waals surface area contributed by atoms with Crippen molar-refractivity contribution in [3.8, 4) is 0 Å². The van der Waals surface area contributed by atoms with Crippen molar-refractivity contribution in [1.29, 1.82) is 0 Å². The molecule has 0 fully saturated rings. The smallest absolute Gasteiger partial charge is 0.146 e. The Hall–Kier alpha value is -1.51. The summed E-state index contributed by atoms with van der Waals surface area (Å²) >= 11 is 0. The Morgan fingerprint density at radius 2 is 2.24 bits per heavy atom. The van der Waals surface area contributed by atoms with Crippen molar-refractivity contribution in [2.75, 3.05) is 24.6 Å². The summed E-state index contributed by atoms with van der Waals surface area (Å²) in [5.41, 5.74) is 1.64. The van der Waals surface area contributed by atoms with Crippen molar-refractivity contribution >= 4 is 5.69 Å². The molecule has 0 aromatic heterocycles. The molecule has 3 heteroatoms. The minimum absolute atomic E-state index is 0.141. The van der Waals surface area contributed by atoms with Gasteiger partial charge in [-0.25, -0.2) is 4.39 Å². The minimum Gasteiger partial charge on any atom is -0.498 e. The van der Waals surface area contributed by atoms with E-state index in [-0.39, 0.29) is 5.82 Å². The molecule has 17 heavy (non-hydrogen) atoms. The van der Waals surface area contributed by atoms with Crippen LogP contribution in [-0.4, -0.2) is 19.7 Å². The Kier molecular flexibility index (Phi) is 3.67. The van der Waals surface area contributed by atoms with Crippen LogP contribution in [-0.2, 0) is 4.74 Å². The maximum Gasteiger partial charge on any atom is 0.146 e. The average molecular weight is 235 g/mol. The lowest BCUT2D eigenvalue weighted by Gasteiger charge is -2.28. The topological polar surface area (TPSA) is 12.5 Å². The van der Waals surface area contributed by atoms with Crippen LogP contribution >= 0.6 is 0 Å². The van der Waals surface area contributed by atoms with E-state index in [4.69, 9.17) is 4.74 Å². The molecule has 0 amide bonds. The van der Waals surface area contributed by atoms with Gasteiger partial charge in [-0.05, 0) is 37.6 Å². The van der Waals surface area contributed by atoms with E-state index in [0.717, 1.165) is 30.8 Å². The van der Waals surface area contributed by atoms with Gasteiger partial charge >= 0.3 is 0 Å². The minimum atomic E-state index is -0.141. The predicted molar refractivity (Wildman–Crippen MR) is 67.7 cm³/mol. The molecular weight excluding hydrogens is 217 g/mol. The molecule has 1 aromatic carbocycles. The van der Waals surface area contributed by atoms with Crippen LogP contribution in [0.1, 0.15) is 18.9 Å². The summed E-state index contributed by atoms with van der Waals surface area (Å²) in [6, 6.07) is 5.38. The average Bonchev–Trinajstić information content (AvgIpc) is 2.31. The van der Waals surface area contributed by atoms with Gasteiger partial charge in [-0.15, -0.1) is 0 Å². The van der Waals surface area contributed by atoms with Crippen LogP contribution in [0.2, 0.25) is 0 Å². The maximum atomic E-state index is 13.8. The Morgan fingerprint density at radius 3 is 2.82 bits per heavy atom. The van der Waals surface area contributed by atoms with Gasteiger partial charge in [-0.2, -0.15) is 0 Å². The van der Waals surface area contributed by atoms with E-state index in [0.29, 0.717) is 12.3 Å². The molecule has 1 aliphatic heterocycles. The molecule has 0 saturated heterocycles. The van der Waals surface area contributed by atoms with Gasteiger partial charge in [-0.1, -0.05) is 6.07 Å². The van der Waals surface area contributed by atoms with Crippen LogP contribution in [0.4, 0.5) is 10.1 Å². The molecule has 2 rings (SSSR count). The quantitative estimate of drug-likeness (QED) is 0.797. The first kappa shape index (κ1) is 12.0. The van der Waals surface area contributed by atoms with Gasteiger partial charge in [-0.3, -0.25) is 0 Å². The molecule has 0 aliphatic carbocycles. The number of rotatable bonds is 3. The van der Waals surface area contributed by atoms with E-state index >= 15 is 0 Å². The SMILES string of the molecule is CCOC1=CCN(c2ccc(C)cc2F)CC1. The van der Waals surface area contributed by atoms with Gasteiger partial charge in [0.15, 0.2) is 0 Å². The van der Waals surface area contributed by atoms with E-state index in [2.05, 4.69) is 0 Å². The number of hydrogen-bond donors (Lipinski definition) is 0. The Bertz CT molecular complexity index is 428. The van der Waals surface area contributed by atoms with Gasteiger partial charge in [0.25, 0.3) is 0 Å². The number of ether oxygens (including phenoxy) is 1. The summed E-state index contributed by atoms with van der Waals surface area (Å²) in [6.45, 7) is 6.11. The first-order chi connectivity index (χ1) is 8.20. The second kappa shape index (κ2) is 5.21. The molecule has 1 aromatic rings. The van der Waals surface area contributed by atoms with Crippen LogP contribution in [0.25, 0.3) is 0 Å². The predicted octanol–water partition coefficient (Wildman–Crippen LogP) is 3.26. The first-order valence-electron chi connectivity index (χ1n) is 6.03. The number of halogens is 1. The summed E-state index contributed by atoms with van der Waals surface area (Å²) < 4.78 is 19.2. The third kappa shape index (κ3) is 2.78. The van der Waals surface area contributed by atoms with Gasteiger partial charge in [0.05, 0.1) is 18.1 Å². The zero-order chi connectivity index (χ0) is 12.3. The van der Waals surface area contributed by atoms with Gasteiger partial charge in [0.2, 0.25) is 0 Å². The fraction of sp³-hybridized carbons (Fsp3) is 0.429. The highest BCUT2D eigenvalue weighted by molar-refractivity contribution is 5.50. The Morgan fingerprint density at radius 1 is 1.41 bits per heavy atom. The van der Waals surface area contributed by atoms with Crippen molar-refractivity contribution in [3.05, 3.63) is 41.4 Å². The molecular formula is C14H18FNO. The zero-order valence-electron chi connectivity index (χ0n) is 10.4. The van der Waals surface area contributed by atoms with E-state index in [1.165, 1.54) is 0 Å². The van der Waals surface area contributed by atoms with Crippen LogP contribution in [0.15, 0.2) is 30.0 Å². The van der Waals surface area contributed by atoms with Crippen LogP contribution in [0, 0.1) is 12.7 Å². The molecule has 1 aliphatic rings. The lowest BCUT2D eigenvalue weighted by atomic mass is 10.1. The van der Waals surface area contributed by atoms with Crippen molar-refractivity contribution in [2.45, 2.75) is 20.3 Å². The lowest BCUT2D eigenvalue weighted by molar-refractivity contribution is 0.215. The molecule has 0 N–H and O–H groups in total. The van der Waals surface area contributed by atoms with E-state index < -0.39 is 0 Å². The molecule has 0 atom stereocenters. The van der Waals surface area contributed by atoms with Crippen LogP contribution in [0.5, 0.6) is 0 Å². The number of aryl methyl sites for hydroxylation is 1. The van der Waals surface area contributed by atoms with Crippen molar-refractivity contribution < 1.29 is 9.13 Å². The van der Waals surface area contributed by atoms with Gasteiger partial charge in [0.1, 0.15) is 5.82 Å². The number of anilines is 1. The molecule has 0 saturated carbocycles. The molecule has 0 spiro atoms. The highest BCUT2D eigenvalue weighted by atomic mass is 19.1. The third-order valence-electron chi connectivity index (χ3n) is 2.94. The monoisotopic (exact) mass is 235 g/mol. The Balaban J connectivity index is 2.10. The molecule has 1 heterocycles. The Labute approximate surface area is 102 Å². The standard InChI is InChI=1S/C14H18FNO/c1-3-17-12-6-8-16(9-7-12)14-5-4-11(2)10-13(14)15/h4-6,10H,3,7-9H2,1-2H3. The highest BCUT2D eigenvalue weighted by Gasteiger charge is 2.15. The molecule has 92 valence electrons. The molecule has 0 radical (unpaired) electrons. The van der Waals surface area contributed by atoms with Crippen molar-refractivity contribution in [1.82, 2.24) is 0 Å². The van der Waals surface area contributed by atoms with Crippen molar-refractivity contribution in [3.63, 3.8) is 0 Å². The van der Waals surface area contributed by atoms with Crippen molar-refractivity contribution in [2.24, 2.45) is 0 Å². The molecule has 0 unspecified atom stereocenters. The maximum absolute atomic E-state index is 13.8. The van der Waals surface area contributed by atoms with Crippen LogP contribution in [0.3, 0.4) is 0 Å². The molecule has 0 bridgehead atoms. The highest BCUT2D eigenvalue weighted by Crippen LogP contribution is 2.23. The first-order valence-corrected chi connectivity index (χ1v) is 6.03. The lowest BCUT2D eigenvalue weighted by Crippen LogP contribution is -2.29. The number of benzene rings is 1. The summed E-state index contributed by atoms with van der Waals surface area (Å²) in [5, 5.41) is 0. The number of nitrogens with zero attached hydrogens (tertiary/aromatic N) is 1.